The van der Waals surface area contributed by atoms with Crippen LogP contribution in [0.15, 0.2) is 60.7 Å². The van der Waals surface area contributed by atoms with Crippen LogP contribution in [0.5, 0.6) is 51.7 Å². The Morgan fingerprint density at radius 1 is 0.463 bits per heavy atom. The van der Waals surface area contributed by atoms with Gasteiger partial charge in [0.05, 0.1) is 62.3 Å². The van der Waals surface area contributed by atoms with Crippen molar-refractivity contribution in [3.63, 3.8) is 0 Å². The molecule has 0 aliphatic heterocycles. The largest absolute Gasteiger partial charge is 0.493 e. The average Bonchev–Trinajstić information content (AvgIpc) is 3.19. The first-order chi connectivity index (χ1) is 26.3. The monoisotopic (exact) mass is 736 g/mol. The van der Waals surface area contributed by atoms with E-state index in [1.807, 2.05) is 48.5 Å². The van der Waals surface area contributed by atoms with Gasteiger partial charge in [0.1, 0.15) is 5.75 Å². The van der Waals surface area contributed by atoms with Crippen molar-refractivity contribution in [2.45, 2.75) is 46.0 Å². The molecule has 54 heavy (non-hydrogen) atoms. The molecular weight excluding hydrogens is 688 g/mol. The molecule has 0 saturated heterocycles. The fraction of sp³-hybridized carbons (Fsp3) is 0.341. The SMILES string of the molecule is CCCCOc1cc2c3cc(OC)c(OC)cc3c3c(OC(=O)Cc4ccc(OC)c(OC)c4)cc4cc(OC)c(OC)cc4c3c2cc1OCCCC. The van der Waals surface area contributed by atoms with Crippen LogP contribution in [-0.2, 0) is 11.2 Å². The third-order valence-electron chi connectivity index (χ3n) is 9.58. The molecule has 0 fully saturated rings. The molecule has 0 spiro atoms. The van der Waals surface area contributed by atoms with E-state index in [4.69, 9.17) is 42.6 Å². The molecule has 0 bridgehead atoms. The highest BCUT2D eigenvalue weighted by atomic mass is 16.5. The molecule has 6 aromatic carbocycles. The van der Waals surface area contributed by atoms with Crippen molar-refractivity contribution < 1.29 is 47.4 Å². The lowest BCUT2D eigenvalue weighted by Gasteiger charge is -2.21. The van der Waals surface area contributed by atoms with Gasteiger partial charge in [0.25, 0.3) is 0 Å². The van der Waals surface area contributed by atoms with Crippen LogP contribution in [0.2, 0.25) is 0 Å². The summed E-state index contributed by atoms with van der Waals surface area (Å²) in [6.07, 6.45) is 3.76. The maximum absolute atomic E-state index is 13.9. The molecule has 6 aromatic rings. The van der Waals surface area contributed by atoms with Gasteiger partial charge in [-0.15, -0.1) is 0 Å². The lowest BCUT2D eigenvalue weighted by molar-refractivity contribution is -0.133. The summed E-state index contributed by atoms with van der Waals surface area (Å²) in [6, 6.07) is 19.1. The summed E-state index contributed by atoms with van der Waals surface area (Å²) in [5.74, 6) is 4.48. The van der Waals surface area contributed by atoms with Crippen LogP contribution in [0.3, 0.4) is 0 Å². The Morgan fingerprint density at radius 2 is 0.907 bits per heavy atom. The fourth-order valence-corrected chi connectivity index (χ4v) is 6.82. The van der Waals surface area contributed by atoms with Crippen molar-refractivity contribution in [2.75, 3.05) is 55.9 Å². The molecule has 0 aromatic heterocycles. The van der Waals surface area contributed by atoms with E-state index in [1.54, 1.807) is 54.8 Å². The summed E-state index contributed by atoms with van der Waals surface area (Å²) in [6.45, 7) is 5.35. The Labute approximate surface area is 315 Å². The number of ether oxygens (including phenoxy) is 9. The van der Waals surface area contributed by atoms with Crippen LogP contribution < -0.4 is 42.6 Å². The number of fused-ring (bicyclic) bond motifs is 8. The zero-order valence-corrected chi connectivity index (χ0v) is 32.3. The maximum atomic E-state index is 13.9. The van der Waals surface area contributed by atoms with E-state index in [2.05, 4.69) is 13.8 Å². The molecule has 0 radical (unpaired) electrons. The van der Waals surface area contributed by atoms with Crippen LogP contribution in [0, 0.1) is 0 Å². The summed E-state index contributed by atoms with van der Waals surface area (Å²) >= 11 is 0. The van der Waals surface area contributed by atoms with E-state index in [0.29, 0.717) is 75.9 Å². The molecule has 0 amide bonds. The normalized spacial score (nSPS) is 11.2. The highest BCUT2D eigenvalue weighted by molar-refractivity contribution is 6.34. The maximum Gasteiger partial charge on any atom is 0.315 e. The van der Waals surface area contributed by atoms with E-state index in [-0.39, 0.29) is 6.42 Å². The van der Waals surface area contributed by atoms with Gasteiger partial charge in [-0.3, -0.25) is 4.79 Å². The summed E-state index contributed by atoms with van der Waals surface area (Å²) in [5, 5.41) is 6.60. The predicted octanol–water partition coefficient (Wildman–Crippen LogP) is 9.86. The van der Waals surface area contributed by atoms with Crippen molar-refractivity contribution in [3.05, 3.63) is 66.2 Å². The summed E-state index contributed by atoms with van der Waals surface area (Å²) in [7, 11) is 9.55. The Bertz CT molecular complexity index is 2310. The van der Waals surface area contributed by atoms with Crippen LogP contribution in [0.1, 0.15) is 45.1 Å². The van der Waals surface area contributed by atoms with Crippen molar-refractivity contribution in [1.29, 1.82) is 0 Å². The van der Waals surface area contributed by atoms with Crippen LogP contribution in [0.25, 0.3) is 43.1 Å². The van der Waals surface area contributed by atoms with E-state index in [0.717, 1.165) is 63.4 Å². The van der Waals surface area contributed by atoms with Crippen LogP contribution in [0.4, 0.5) is 0 Å². The first-order valence-corrected chi connectivity index (χ1v) is 18.2. The molecule has 0 N–H and O–H groups in total. The van der Waals surface area contributed by atoms with Gasteiger partial charge >= 0.3 is 5.97 Å². The molecule has 0 unspecified atom stereocenters. The number of carbonyl (C=O) groups excluding carboxylic acids is 1. The fourth-order valence-electron chi connectivity index (χ4n) is 6.82. The molecule has 0 heterocycles. The first kappa shape index (κ1) is 38.0. The minimum absolute atomic E-state index is 0.0116. The number of benzene rings is 6. The number of methoxy groups -OCH3 is 6. The lowest BCUT2D eigenvalue weighted by atomic mass is 9.89. The number of esters is 1. The number of unbranched alkanes of at least 4 members (excludes halogenated alkanes) is 2. The smallest absolute Gasteiger partial charge is 0.315 e. The van der Waals surface area contributed by atoms with Crippen molar-refractivity contribution in [2.24, 2.45) is 0 Å². The Balaban J connectivity index is 1.70. The van der Waals surface area contributed by atoms with Gasteiger partial charge in [-0.1, -0.05) is 32.8 Å². The van der Waals surface area contributed by atoms with Crippen molar-refractivity contribution >= 4 is 49.1 Å². The van der Waals surface area contributed by atoms with Crippen molar-refractivity contribution in [1.82, 2.24) is 0 Å². The number of rotatable bonds is 17. The minimum atomic E-state index is -0.458. The average molecular weight is 737 g/mol. The molecule has 0 aliphatic rings. The Hall–Kier alpha value is -5.77. The number of hydrogen-bond donors (Lipinski definition) is 0. The van der Waals surface area contributed by atoms with E-state index >= 15 is 0 Å². The second-order valence-electron chi connectivity index (χ2n) is 12.9. The van der Waals surface area contributed by atoms with Gasteiger partial charge in [0.2, 0.25) is 0 Å². The van der Waals surface area contributed by atoms with Crippen molar-refractivity contribution in [3.8, 4) is 51.7 Å². The summed E-state index contributed by atoms with van der Waals surface area (Å²) < 4.78 is 53.3. The zero-order chi connectivity index (χ0) is 38.4. The third kappa shape index (κ3) is 7.38. The Morgan fingerprint density at radius 3 is 1.46 bits per heavy atom. The van der Waals surface area contributed by atoms with Gasteiger partial charge < -0.3 is 42.6 Å². The molecule has 0 saturated carbocycles. The molecule has 10 nitrogen and oxygen atoms in total. The number of carbonyl (C=O) groups is 1. The van der Waals surface area contributed by atoms with Crippen LogP contribution in [-0.4, -0.2) is 61.8 Å². The third-order valence-corrected chi connectivity index (χ3v) is 9.58. The minimum Gasteiger partial charge on any atom is -0.493 e. The van der Waals surface area contributed by atoms with Crippen LogP contribution >= 0.6 is 0 Å². The Kier molecular flexibility index (Phi) is 11.9. The zero-order valence-electron chi connectivity index (χ0n) is 32.3. The second-order valence-corrected chi connectivity index (χ2v) is 12.9. The van der Waals surface area contributed by atoms with E-state index in [1.165, 1.54) is 0 Å². The van der Waals surface area contributed by atoms with Gasteiger partial charge in [-0.25, -0.2) is 0 Å². The molecule has 0 atom stereocenters. The topological polar surface area (TPSA) is 100 Å². The number of hydrogen-bond acceptors (Lipinski definition) is 10. The van der Waals surface area contributed by atoms with E-state index in [9.17, 15) is 4.79 Å². The highest BCUT2D eigenvalue weighted by Crippen LogP contribution is 2.50. The molecule has 10 heteroatoms. The van der Waals surface area contributed by atoms with Gasteiger partial charge in [-0.05, 0) is 105 Å². The first-order valence-electron chi connectivity index (χ1n) is 18.2. The second kappa shape index (κ2) is 16.9. The van der Waals surface area contributed by atoms with E-state index < -0.39 is 5.97 Å². The standard InChI is InChI=1S/C44H48O10/c1-9-11-15-52-39-23-30-29-22-37(50-7)38(51-8)24-32(29)44-41(54-42(45)18-26-13-14-33(46-3)34(17-26)47-4)20-27-19-35(48-5)36(49-6)21-28(27)43(44)31(30)25-40(39)53-16-12-10-2/h13-14,17,19-25H,9-12,15-16,18H2,1-8H3. The quantitative estimate of drug-likeness (QED) is 0.0389. The molecule has 284 valence electrons. The van der Waals surface area contributed by atoms with Gasteiger partial charge in [0.15, 0.2) is 46.0 Å². The molecule has 0 aliphatic carbocycles. The summed E-state index contributed by atoms with van der Waals surface area (Å²) in [5.41, 5.74) is 0.709. The highest BCUT2D eigenvalue weighted by Gasteiger charge is 2.24. The lowest BCUT2D eigenvalue weighted by Crippen LogP contribution is -2.12. The molecule has 6 rings (SSSR count). The predicted molar refractivity (Wildman–Crippen MR) is 212 cm³/mol. The van der Waals surface area contributed by atoms with Gasteiger partial charge in [0, 0.05) is 10.8 Å². The summed E-state index contributed by atoms with van der Waals surface area (Å²) in [4.78, 5) is 13.9. The molecular formula is C44H48O10. The van der Waals surface area contributed by atoms with Gasteiger partial charge in [-0.2, -0.15) is 0 Å².